The summed E-state index contributed by atoms with van der Waals surface area (Å²) in [6, 6.07) is 7.23. The van der Waals surface area contributed by atoms with Gasteiger partial charge in [-0.05, 0) is 32.0 Å². The van der Waals surface area contributed by atoms with Crippen LogP contribution in [0.3, 0.4) is 0 Å². The van der Waals surface area contributed by atoms with Gasteiger partial charge in [0.25, 0.3) is 5.91 Å². The standard InChI is InChI=1S/C20H20F2N6O/c1-13-10-14(2)28(25-13)18-11-17(23-12-24-18)26-6-8-27(9-7-26)20(29)19-15(21)4-3-5-16(19)22/h3-5,10-12H,6-9H2,1-2H3. The molecule has 3 aromatic rings. The predicted molar refractivity (Wildman–Crippen MR) is 103 cm³/mol. The first-order valence-corrected chi connectivity index (χ1v) is 9.28. The summed E-state index contributed by atoms with van der Waals surface area (Å²) in [5.41, 5.74) is 1.36. The maximum atomic E-state index is 13.9. The molecule has 0 N–H and O–H groups in total. The lowest BCUT2D eigenvalue weighted by molar-refractivity contribution is 0.0736. The largest absolute Gasteiger partial charge is 0.353 e. The average Bonchev–Trinajstić information content (AvgIpc) is 3.06. The highest BCUT2D eigenvalue weighted by Gasteiger charge is 2.27. The molecule has 4 rings (SSSR count). The molecule has 0 spiro atoms. The number of aryl methyl sites for hydroxylation is 2. The summed E-state index contributed by atoms with van der Waals surface area (Å²) in [5.74, 6) is -0.948. The Morgan fingerprint density at radius 3 is 2.24 bits per heavy atom. The summed E-state index contributed by atoms with van der Waals surface area (Å²) in [6.07, 6.45) is 1.48. The van der Waals surface area contributed by atoms with Gasteiger partial charge in [0.05, 0.1) is 5.69 Å². The van der Waals surface area contributed by atoms with E-state index in [1.165, 1.54) is 17.3 Å². The molecule has 0 atom stereocenters. The molecule has 0 bridgehead atoms. The van der Waals surface area contributed by atoms with Gasteiger partial charge in [-0.3, -0.25) is 4.79 Å². The zero-order chi connectivity index (χ0) is 20.5. The normalized spacial score (nSPS) is 14.3. The first-order chi connectivity index (χ1) is 13.9. The van der Waals surface area contributed by atoms with Crippen LogP contribution in [0, 0.1) is 25.5 Å². The minimum atomic E-state index is -0.845. The van der Waals surface area contributed by atoms with Crippen molar-refractivity contribution in [3.63, 3.8) is 0 Å². The van der Waals surface area contributed by atoms with Crippen molar-refractivity contribution in [2.45, 2.75) is 13.8 Å². The zero-order valence-electron chi connectivity index (χ0n) is 16.1. The first-order valence-electron chi connectivity index (χ1n) is 9.28. The number of rotatable bonds is 3. The summed E-state index contributed by atoms with van der Waals surface area (Å²) in [4.78, 5) is 24.7. The van der Waals surface area contributed by atoms with Crippen molar-refractivity contribution < 1.29 is 13.6 Å². The number of benzene rings is 1. The average molecular weight is 398 g/mol. The quantitative estimate of drug-likeness (QED) is 0.678. The van der Waals surface area contributed by atoms with Gasteiger partial charge >= 0.3 is 0 Å². The second-order valence-corrected chi connectivity index (χ2v) is 6.95. The topological polar surface area (TPSA) is 67.2 Å². The van der Waals surface area contributed by atoms with Crippen LogP contribution in [0.15, 0.2) is 36.7 Å². The van der Waals surface area contributed by atoms with E-state index in [9.17, 15) is 13.6 Å². The van der Waals surface area contributed by atoms with Gasteiger partial charge in [0.15, 0.2) is 5.82 Å². The van der Waals surface area contributed by atoms with Crippen LogP contribution in [-0.4, -0.2) is 56.7 Å². The van der Waals surface area contributed by atoms with Crippen LogP contribution in [0.25, 0.3) is 5.82 Å². The van der Waals surface area contributed by atoms with Crippen LogP contribution in [0.1, 0.15) is 21.7 Å². The summed E-state index contributed by atoms with van der Waals surface area (Å²) < 4.78 is 29.6. The molecule has 1 fully saturated rings. The molecule has 7 nitrogen and oxygen atoms in total. The van der Waals surface area contributed by atoms with E-state index in [0.717, 1.165) is 23.5 Å². The number of anilines is 1. The van der Waals surface area contributed by atoms with Crippen molar-refractivity contribution in [2.24, 2.45) is 0 Å². The van der Waals surface area contributed by atoms with E-state index in [2.05, 4.69) is 15.1 Å². The van der Waals surface area contributed by atoms with Crippen molar-refractivity contribution in [2.75, 3.05) is 31.1 Å². The lowest BCUT2D eigenvalue weighted by atomic mass is 10.1. The van der Waals surface area contributed by atoms with Crippen LogP contribution >= 0.6 is 0 Å². The summed E-state index contributed by atoms with van der Waals surface area (Å²) in [7, 11) is 0. The number of hydrogen-bond acceptors (Lipinski definition) is 5. The maximum Gasteiger partial charge on any atom is 0.259 e. The number of nitrogens with zero attached hydrogens (tertiary/aromatic N) is 6. The van der Waals surface area contributed by atoms with Gasteiger partial charge in [0.1, 0.15) is 29.3 Å². The molecular formula is C20H20F2N6O. The molecule has 1 saturated heterocycles. The predicted octanol–water partition coefficient (Wildman–Crippen LogP) is 2.52. The Morgan fingerprint density at radius 1 is 0.966 bits per heavy atom. The molecule has 1 amide bonds. The molecule has 0 aliphatic carbocycles. The summed E-state index contributed by atoms with van der Waals surface area (Å²) in [5, 5.41) is 4.44. The van der Waals surface area contributed by atoms with Crippen molar-refractivity contribution in [1.29, 1.82) is 0 Å². The molecule has 1 aliphatic heterocycles. The van der Waals surface area contributed by atoms with Crippen LogP contribution < -0.4 is 4.90 Å². The Balaban J connectivity index is 1.48. The molecular weight excluding hydrogens is 378 g/mol. The smallest absolute Gasteiger partial charge is 0.259 e. The summed E-state index contributed by atoms with van der Waals surface area (Å²) >= 11 is 0. The Hall–Kier alpha value is -3.36. The Morgan fingerprint density at radius 2 is 1.62 bits per heavy atom. The monoisotopic (exact) mass is 398 g/mol. The number of carbonyl (C=O) groups is 1. The van der Waals surface area contributed by atoms with Crippen LogP contribution in [0.5, 0.6) is 0 Å². The lowest BCUT2D eigenvalue weighted by Gasteiger charge is -2.35. The molecule has 150 valence electrons. The second kappa shape index (κ2) is 7.57. The van der Waals surface area contributed by atoms with Gasteiger partial charge in [-0.25, -0.2) is 23.4 Å². The number of hydrogen-bond donors (Lipinski definition) is 0. The maximum absolute atomic E-state index is 13.9. The molecule has 0 radical (unpaired) electrons. The number of amides is 1. The fourth-order valence-electron chi connectivity index (χ4n) is 3.49. The molecule has 9 heteroatoms. The van der Waals surface area contributed by atoms with E-state index in [4.69, 9.17) is 0 Å². The second-order valence-electron chi connectivity index (χ2n) is 6.95. The van der Waals surface area contributed by atoms with Gasteiger partial charge in [-0.15, -0.1) is 0 Å². The fraction of sp³-hybridized carbons (Fsp3) is 0.300. The summed E-state index contributed by atoms with van der Waals surface area (Å²) in [6.45, 7) is 5.54. The minimum absolute atomic E-state index is 0.339. The minimum Gasteiger partial charge on any atom is -0.353 e. The van der Waals surface area contributed by atoms with Crippen molar-refractivity contribution in [3.8, 4) is 5.82 Å². The van der Waals surface area contributed by atoms with E-state index in [1.807, 2.05) is 30.9 Å². The Labute approximate surface area is 166 Å². The van der Waals surface area contributed by atoms with Crippen LogP contribution in [0.4, 0.5) is 14.6 Å². The van der Waals surface area contributed by atoms with E-state index in [1.54, 1.807) is 4.68 Å². The van der Waals surface area contributed by atoms with Gasteiger partial charge in [0, 0.05) is 37.9 Å². The molecule has 1 aromatic carbocycles. The van der Waals surface area contributed by atoms with Gasteiger partial charge < -0.3 is 9.80 Å². The third-order valence-electron chi connectivity index (χ3n) is 4.93. The van der Waals surface area contributed by atoms with Gasteiger partial charge in [-0.2, -0.15) is 5.10 Å². The van der Waals surface area contributed by atoms with Crippen LogP contribution in [0.2, 0.25) is 0 Å². The number of aromatic nitrogens is 4. The van der Waals surface area contributed by atoms with E-state index < -0.39 is 23.1 Å². The fourth-order valence-corrected chi connectivity index (χ4v) is 3.49. The van der Waals surface area contributed by atoms with Crippen molar-refractivity contribution in [1.82, 2.24) is 24.6 Å². The van der Waals surface area contributed by atoms with Crippen LogP contribution in [-0.2, 0) is 0 Å². The molecule has 0 saturated carbocycles. The molecule has 1 aliphatic rings. The zero-order valence-corrected chi connectivity index (χ0v) is 16.1. The molecule has 2 aromatic heterocycles. The number of carbonyl (C=O) groups excluding carboxylic acids is 1. The van der Waals surface area contributed by atoms with Gasteiger partial charge in [-0.1, -0.05) is 6.07 Å². The SMILES string of the molecule is Cc1cc(C)n(-c2cc(N3CCN(C(=O)c4c(F)cccc4F)CC3)ncn2)n1. The highest BCUT2D eigenvalue weighted by molar-refractivity contribution is 5.95. The Kier molecular flexibility index (Phi) is 4.96. The van der Waals surface area contributed by atoms with E-state index in [0.29, 0.717) is 37.8 Å². The van der Waals surface area contributed by atoms with E-state index in [-0.39, 0.29) is 0 Å². The highest BCUT2D eigenvalue weighted by atomic mass is 19.1. The first kappa shape index (κ1) is 19.0. The van der Waals surface area contributed by atoms with Crippen molar-refractivity contribution in [3.05, 3.63) is 65.2 Å². The molecule has 0 unspecified atom stereocenters. The lowest BCUT2D eigenvalue weighted by Crippen LogP contribution is -2.49. The Bertz CT molecular complexity index is 1040. The molecule has 29 heavy (non-hydrogen) atoms. The van der Waals surface area contributed by atoms with E-state index >= 15 is 0 Å². The number of halogens is 2. The van der Waals surface area contributed by atoms with Gasteiger partial charge in [0.2, 0.25) is 0 Å². The highest BCUT2D eigenvalue weighted by Crippen LogP contribution is 2.20. The van der Waals surface area contributed by atoms with Crippen molar-refractivity contribution >= 4 is 11.7 Å². The molecule has 3 heterocycles. The number of piperazine rings is 1. The third kappa shape index (κ3) is 3.67. The third-order valence-corrected chi connectivity index (χ3v) is 4.93.